The second kappa shape index (κ2) is 6.96. The van der Waals surface area contributed by atoms with E-state index >= 15 is 0 Å². The topological polar surface area (TPSA) is 59.4 Å². The number of nitrogens with zero attached hydrogens (tertiary/aromatic N) is 3. The van der Waals surface area contributed by atoms with Gasteiger partial charge in [0, 0.05) is 25.3 Å². The Bertz CT molecular complexity index is 844. The van der Waals surface area contributed by atoms with Crippen LogP contribution in [0.3, 0.4) is 0 Å². The van der Waals surface area contributed by atoms with Gasteiger partial charge in [-0.05, 0) is 37.9 Å². The first-order chi connectivity index (χ1) is 12.6. The van der Waals surface area contributed by atoms with Crippen molar-refractivity contribution in [1.29, 1.82) is 0 Å². The number of aryl methyl sites for hydroxylation is 2. The van der Waals surface area contributed by atoms with Crippen LogP contribution in [-0.2, 0) is 22.6 Å². The third kappa shape index (κ3) is 2.99. The standard InChI is InChI=1S/C19H25FN4O2/c1-12-9-22-19-17(13(12)2)18(20)15-10-23(6-7-24(15)19)16(25)4-8-26-11-14-3-5-21-14/h9,14,21H,3-8,10-11H2,1-2H3. The Labute approximate surface area is 152 Å². The highest BCUT2D eigenvalue weighted by Gasteiger charge is 2.28. The van der Waals surface area contributed by atoms with Gasteiger partial charge in [0.25, 0.3) is 0 Å². The zero-order valence-corrected chi connectivity index (χ0v) is 15.3. The van der Waals surface area contributed by atoms with Crippen molar-refractivity contribution in [2.75, 3.05) is 26.3 Å². The second-order valence-electron chi connectivity index (χ2n) is 7.26. The second-order valence-corrected chi connectivity index (χ2v) is 7.26. The Hall–Kier alpha value is -1.99. The van der Waals surface area contributed by atoms with Gasteiger partial charge < -0.3 is 19.5 Å². The summed E-state index contributed by atoms with van der Waals surface area (Å²) in [7, 11) is 0. The summed E-state index contributed by atoms with van der Waals surface area (Å²) in [6.45, 7) is 7.42. The van der Waals surface area contributed by atoms with E-state index in [1.807, 2.05) is 18.4 Å². The molecule has 26 heavy (non-hydrogen) atoms. The van der Waals surface area contributed by atoms with Gasteiger partial charge in [-0.2, -0.15) is 0 Å². The van der Waals surface area contributed by atoms with Crippen LogP contribution in [0.5, 0.6) is 0 Å². The van der Waals surface area contributed by atoms with E-state index in [1.54, 1.807) is 11.1 Å². The minimum atomic E-state index is -0.237. The van der Waals surface area contributed by atoms with Crippen LogP contribution in [0.15, 0.2) is 6.20 Å². The van der Waals surface area contributed by atoms with Crippen molar-refractivity contribution >= 4 is 16.9 Å². The van der Waals surface area contributed by atoms with Gasteiger partial charge in [-0.1, -0.05) is 0 Å². The fraction of sp³-hybridized carbons (Fsp3) is 0.579. The molecule has 0 radical (unpaired) electrons. The Balaban J connectivity index is 1.43. The number of carbonyl (C=O) groups is 1. The van der Waals surface area contributed by atoms with Gasteiger partial charge >= 0.3 is 0 Å². The maximum atomic E-state index is 15.0. The highest BCUT2D eigenvalue weighted by Crippen LogP contribution is 2.30. The van der Waals surface area contributed by atoms with E-state index in [9.17, 15) is 9.18 Å². The van der Waals surface area contributed by atoms with Gasteiger partial charge in [0.1, 0.15) is 5.65 Å². The Morgan fingerprint density at radius 1 is 1.42 bits per heavy atom. The molecule has 4 rings (SSSR count). The maximum Gasteiger partial charge on any atom is 0.225 e. The predicted octanol–water partition coefficient (Wildman–Crippen LogP) is 1.90. The Kier molecular flexibility index (Phi) is 4.67. The van der Waals surface area contributed by atoms with E-state index in [2.05, 4.69) is 10.3 Å². The van der Waals surface area contributed by atoms with E-state index in [1.165, 1.54) is 0 Å². The van der Waals surface area contributed by atoms with Gasteiger partial charge in [0.2, 0.25) is 5.91 Å². The van der Waals surface area contributed by atoms with Gasteiger partial charge in [-0.15, -0.1) is 0 Å². The molecule has 2 aromatic rings. The van der Waals surface area contributed by atoms with Crippen molar-refractivity contribution in [3.8, 4) is 0 Å². The summed E-state index contributed by atoms with van der Waals surface area (Å²) in [4.78, 5) is 18.6. The molecule has 0 aromatic carbocycles. The number of halogens is 1. The van der Waals surface area contributed by atoms with Crippen LogP contribution in [0, 0.1) is 19.7 Å². The molecule has 2 aromatic heterocycles. The quantitative estimate of drug-likeness (QED) is 0.828. The molecule has 140 valence electrons. The zero-order chi connectivity index (χ0) is 18.3. The van der Waals surface area contributed by atoms with Crippen molar-refractivity contribution in [2.45, 2.75) is 45.8 Å². The van der Waals surface area contributed by atoms with Gasteiger partial charge in [0.05, 0.1) is 37.3 Å². The molecule has 0 saturated carbocycles. The molecule has 0 aliphatic carbocycles. The maximum absolute atomic E-state index is 15.0. The lowest BCUT2D eigenvalue weighted by atomic mass is 10.1. The van der Waals surface area contributed by atoms with Gasteiger partial charge in [-0.3, -0.25) is 4.79 Å². The first-order valence-corrected chi connectivity index (χ1v) is 9.28. The number of carbonyl (C=O) groups excluding carboxylic acids is 1. The number of amides is 1. The Morgan fingerprint density at radius 2 is 2.23 bits per heavy atom. The van der Waals surface area contributed by atoms with Crippen LogP contribution < -0.4 is 5.32 Å². The summed E-state index contributed by atoms with van der Waals surface area (Å²) in [5.74, 6) is -0.221. The summed E-state index contributed by atoms with van der Waals surface area (Å²) >= 11 is 0. The van der Waals surface area contributed by atoms with Crippen LogP contribution in [-0.4, -0.2) is 52.7 Å². The third-order valence-electron chi connectivity index (χ3n) is 5.62. The van der Waals surface area contributed by atoms with Crippen molar-refractivity contribution in [1.82, 2.24) is 19.8 Å². The van der Waals surface area contributed by atoms with Crippen LogP contribution in [0.4, 0.5) is 4.39 Å². The number of aromatic nitrogens is 2. The van der Waals surface area contributed by atoms with Crippen molar-refractivity contribution in [2.24, 2.45) is 0 Å². The molecule has 1 unspecified atom stereocenters. The molecular formula is C19H25FN4O2. The van der Waals surface area contributed by atoms with Crippen LogP contribution >= 0.6 is 0 Å². The first kappa shape index (κ1) is 17.4. The van der Waals surface area contributed by atoms with Crippen molar-refractivity contribution < 1.29 is 13.9 Å². The molecule has 1 N–H and O–H groups in total. The molecule has 4 heterocycles. The number of rotatable bonds is 5. The fourth-order valence-electron chi connectivity index (χ4n) is 3.67. The van der Waals surface area contributed by atoms with Crippen LogP contribution in [0.1, 0.15) is 29.7 Å². The number of hydrogen-bond acceptors (Lipinski definition) is 4. The van der Waals surface area contributed by atoms with Gasteiger partial charge in [0.15, 0.2) is 5.82 Å². The van der Waals surface area contributed by atoms with Crippen LogP contribution in [0.25, 0.3) is 11.0 Å². The van der Waals surface area contributed by atoms with Crippen LogP contribution in [0.2, 0.25) is 0 Å². The monoisotopic (exact) mass is 360 g/mol. The molecule has 0 bridgehead atoms. The molecule has 2 aliphatic rings. The SMILES string of the molecule is Cc1cnc2c(c1C)c(F)c1n2CCN(C(=O)CCOCC2CCN2)C1. The number of nitrogens with one attached hydrogen (secondary N) is 1. The Morgan fingerprint density at radius 3 is 2.96 bits per heavy atom. The smallest absolute Gasteiger partial charge is 0.225 e. The average Bonchev–Trinajstić information content (AvgIpc) is 2.89. The first-order valence-electron chi connectivity index (χ1n) is 9.28. The molecule has 7 heteroatoms. The summed E-state index contributed by atoms with van der Waals surface area (Å²) in [5, 5.41) is 3.85. The van der Waals surface area contributed by atoms with E-state index in [0.717, 1.165) is 24.1 Å². The number of hydrogen-bond donors (Lipinski definition) is 1. The lowest BCUT2D eigenvalue weighted by Crippen LogP contribution is -2.46. The van der Waals surface area contributed by atoms with Crippen molar-refractivity contribution in [3.05, 3.63) is 28.8 Å². The summed E-state index contributed by atoms with van der Waals surface area (Å²) in [5.41, 5.74) is 3.14. The van der Waals surface area contributed by atoms with E-state index < -0.39 is 0 Å². The zero-order valence-electron chi connectivity index (χ0n) is 15.3. The van der Waals surface area contributed by atoms with E-state index in [-0.39, 0.29) is 11.7 Å². The summed E-state index contributed by atoms with van der Waals surface area (Å²) < 4.78 is 22.5. The molecular weight excluding hydrogens is 335 g/mol. The molecule has 1 saturated heterocycles. The lowest BCUT2D eigenvalue weighted by Gasteiger charge is -2.29. The largest absolute Gasteiger partial charge is 0.379 e. The van der Waals surface area contributed by atoms with Gasteiger partial charge in [-0.25, -0.2) is 9.37 Å². The van der Waals surface area contributed by atoms with Crippen molar-refractivity contribution in [3.63, 3.8) is 0 Å². The number of pyridine rings is 1. The molecule has 1 atom stereocenters. The third-order valence-corrected chi connectivity index (χ3v) is 5.62. The molecule has 2 aliphatic heterocycles. The number of fused-ring (bicyclic) bond motifs is 3. The lowest BCUT2D eigenvalue weighted by molar-refractivity contribution is -0.133. The normalized spacial score (nSPS) is 19.5. The molecule has 6 nitrogen and oxygen atoms in total. The molecule has 1 fully saturated rings. The molecule has 1 amide bonds. The summed E-state index contributed by atoms with van der Waals surface area (Å²) in [6, 6.07) is 0.434. The average molecular weight is 360 g/mol. The highest BCUT2D eigenvalue weighted by atomic mass is 19.1. The molecule has 0 spiro atoms. The number of ether oxygens (including phenoxy) is 1. The minimum Gasteiger partial charge on any atom is -0.379 e. The van der Waals surface area contributed by atoms with E-state index in [0.29, 0.717) is 62.0 Å². The minimum absolute atomic E-state index is 0.0170. The summed E-state index contributed by atoms with van der Waals surface area (Å²) in [6.07, 6.45) is 3.26. The van der Waals surface area contributed by atoms with E-state index in [4.69, 9.17) is 4.74 Å². The fourth-order valence-corrected chi connectivity index (χ4v) is 3.67. The highest BCUT2D eigenvalue weighted by molar-refractivity contribution is 5.84. The predicted molar refractivity (Wildman–Crippen MR) is 96.4 cm³/mol.